The second kappa shape index (κ2) is 5.56. The third-order valence-corrected chi connectivity index (χ3v) is 2.57. The first-order valence-electron chi connectivity index (χ1n) is 6.08. The average molecular weight is 257 g/mol. The Morgan fingerprint density at radius 3 is 2.63 bits per heavy atom. The maximum Gasteiger partial charge on any atom is 0.335 e. The van der Waals surface area contributed by atoms with Crippen LogP contribution in [0.25, 0.3) is 11.4 Å². The Bertz CT molecular complexity index is 597. The van der Waals surface area contributed by atoms with Gasteiger partial charge >= 0.3 is 5.97 Å². The van der Waals surface area contributed by atoms with E-state index in [2.05, 4.69) is 28.8 Å². The molecule has 0 saturated heterocycles. The van der Waals surface area contributed by atoms with Crippen LogP contribution in [0, 0.1) is 5.92 Å². The molecule has 5 nitrogen and oxygen atoms in total. The van der Waals surface area contributed by atoms with Crippen molar-refractivity contribution in [1.82, 2.24) is 15.0 Å². The van der Waals surface area contributed by atoms with Crippen LogP contribution in [0.1, 0.15) is 30.0 Å². The summed E-state index contributed by atoms with van der Waals surface area (Å²) in [5.74, 6) is 0.240. The van der Waals surface area contributed by atoms with Crippen molar-refractivity contribution in [2.45, 2.75) is 20.3 Å². The molecule has 0 unspecified atom stereocenters. The summed E-state index contributed by atoms with van der Waals surface area (Å²) in [6, 6.07) is 4.71. The predicted octanol–water partition coefficient (Wildman–Crippen LogP) is 2.44. The summed E-state index contributed by atoms with van der Waals surface area (Å²) < 4.78 is 0. The molecule has 0 aliphatic rings. The van der Waals surface area contributed by atoms with Crippen LogP contribution in [0.4, 0.5) is 0 Å². The lowest BCUT2D eigenvalue weighted by atomic mass is 10.1. The number of rotatable bonds is 4. The number of hydrogen-bond acceptors (Lipinski definition) is 4. The molecule has 0 aliphatic heterocycles. The van der Waals surface area contributed by atoms with Crippen molar-refractivity contribution in [2.75, 3.05) is 0 Å². The van der Waals surface area contributed by atoms with Gasteiger partial charge in [-0.1, -0.05) is 13.8 Å². The second-order valence-electron chi connectivity index (χ2n) is 4.69. The minimum atomic E-state index is -0.972. The molecule has 0 spiro atoms. The van der Waals surface area contributed by atoms with Crippen LogP contribution in [0.15, 0.2) is 30.6 Å². The maximum atomic E-state index is 10.9. The zero-order valence-corrected chi connectivity index (χ0v) is 10.9. The summed E-state index contributed by atoms with van der Waals surface area (Å²) in [7, 11) is 0. The molecule has 0 fully saturated rings. The van der Waals surface area contributed by atoms with Crippen LogP contribution in [0.5, 0.6) is 0 Å². The molecule has 2 rings (SSSR count). The smallest absolute Gasteiger partial charge is 0.335 e. The van der Waals surface area contributed by atoms with E-state index in [1.807, 2.05) is 0 Å². The number of aromatic carboxylic acids is 1. The van der Waals surface area contributed by atoms with Crippen molar-refractivity contribution in [2.24, 2.45) is 5.92 Å². The number of carbonyl (C=O) groups is 1. The Morgan fingerprint density at radius 1 is 1.21 bits per heavy atom. The van der Waals surface area contributed by atoms with E-state index >= 15 is 0 Å². The molecule has 1 N–H and O–H groups in total. The molecule has 0 aromatic carbocycles. The zero-order chi connectivity index (χ0) is 13.8. The van der Waals surface area contributed by atoms with E-state index in [-0.39, 0.29) is 5.56 Å². The topological polar surface area (TPSA) is 76.0 Å². The molecule has 2 aromatic rings. The van der Waals surface area contributed by atoms with E-state index < -0.39 is 5.97 Å². The van der Waals surface area contributed by atoms with Crippen molar-refractivity contribution in [3.05, 3.63) is 42.0 Å². The van der Waals surface area contributed by atoms with Gasteiger partial charge in [-0.3, -0.25) is 4.98 Å². The van der Waals surface area contributed by atoms with E-state index in [9.17, 15) is 4.79 Å². The van der Waals surface area contributed by atoms with Gasteiger partial charge < -0.3 is 5.11 Å². The van der Waals surface area contributed by atoms with Crippen molar-refractivity contribution in [3.63, 3.8) is 0 Å². The highest BCUT2D eigenvalue weighted by molar-refractivity contribution is 5.88. The fourth-order valence-electron chi connectivity index (χ4n) is 1.71. The van der Waals surface area contributed by atoms with Crippen LogP contribution in [0.2, 0.25) is 0 Å². The summed E-state index contributed by atoms with van der Waals surface area (Å²) in [5.41, 5.74) is 1.40. The molecule has 0 aliphatic carbocycles. The predicted molar refractivity (Wildman–Crippen MR) is 70.8 cm³/mol. The Kier molecular flexibility index (Phi) is 3.85. The highest BCUT2D eigenvalue weighted by Crippen LogP contribution is 2.16. The quantitative estimate of drug-likeness (QED) is 0.910. The molecule has 0 radical (unpaired) electrons. The van der Waals surface area contributed by atoms with E-state index in [0.29, 0.717) is 17.3 Å². The fourth-order valence-corrected chi connectivity index (χ4v) is 1.71. The van der Waals surface area contributed by atoms with Gasteiger partial charge in [0.15, 0.2) is 0 Å². The molecule has 0 saturated carbocycles. The average Bonchev–Trinajstić information content (AvgIpc) is 2.38. The normalized spacial score (nSPS) is 10.7. The third kappa shape index (κ3) is 3.34. The number of nitrogens with zero attached hydrogens (tertiary/aromatic N) is 3. The number of aromatic nitrogens is 3. The van der Waals surface area contributed by atoms with Crippen LogP contribution in [-0.4, -0.2) is 26.0 Å². The van der Waals surface area contributed by atoms with Gasteiger partial charge in [0.2, 0.25) is 0 Å². The van der Waals surface area contributed by atoms with Crippen LogP contribution < -0.4 is 0 Å². The van der Waals surface area contributed by atoms with Crippen LogP contribution >= 0.6 is 0 Å². The monoisotopic (exact) mass is 257 g/mol. The lowest BCUT2D eigenvalue weighted by molar-refractivity contribution is 0.0697. The summed E-state index contributed by atoms with van der Waals surface area (Å²) in [6.07, 6.45) is 3.94. The molecule has 5 heteroatoms. The van der Waals surface area contributed by atoms with Crippen molar-refractivity contribution in [1.29, 1.82) is 0 Å². The van der Waals surface area contributed by atoms with Crippen molar-refractivity contribution < 1.29 is 9.90 Å². The maximum absolute atomic E-state index is 10.9. The summed E-state index contributed by atoms with van der Waals surface area (Å²) in [6.45, 7) is 4.19. The first kappa shape index (κ1) is 13.1. The fraction of sp³-hybridized carbons (Fsp3) is 0.286. The Hall–Kier alpha value is -2.30. The molecular formula is C14H15N3O2. The van der Waals surface area contributed by atoms with Crippen LogP contribution in [-0.2, 0) is 6.42 Å². The largest absolute Gasteiger partial charge is 0.478 e. The first-order valence-corrected chi connectivity index (χ1v) is 6.08. The second-order valence-corrected chi connectivity index (χ2v) is 4.69. The van der Waals surface area contributed by atoms with Gasteiger partial charge in [-0.15, -0.1) is 0 Å². The minimum Gasteiger partial charge on any atom is -0.478 e. The van der Waals surface area contributed by atoms with Crippen LogP contribution in [0.3, 0.4) is 0 Å². The molecule has 2 heterocycles. The number of hydrogen-bond donors (Lipinski definition) is 1. The molecule has 19 heavy (non-hydrogen) atoms. The first-order chi connectivity index (χ1) is 9.06. The van der Waals surface area contributed by atoms with Crippen molar-refractivity contribution in [3.8, 4) is 11.4 Å². The molecule has 2 aromatic heterocycles. The summed E-state index contributed by atoms with van der Waals surface area (Å²) in [4.78, 5) is 23.7. The van der Waals surface area contributed by atoms with Gasteiger partial charge in [0.1, 0.15) is 5.82 Å². The summed E-state index contributed by atoms with van der Waals surface area (Å²) >= 11 is 0. The number of carboxylic acid groups (broad SMARTS) is 1. The third-order valence-electron chi connectivity index (χ3n) is 2.57. The minimum absolute atomic E-state index is 0.203. The number of carboxylic acids is 1. The standard InChI is InChI=1S/C14H15N3O2/c1-9(2)7-13-16-6-4-11(17-13)12-8-10(14(18)19)3-5-15-12/h3-6,8-9H,7H2,1-2H3,(H,18,19). The SMILES string of the molecule is CC(C)Cc1nccc(-c2cc(C(=O)O)ccn2)n1. The number of pyridine rings is 1. The van der Waals surface area contributed by atoms with Gasteiger partial charge in [0, 0.05) is 18.8 Å². The van der Waals surface area contributed by atoms with Gasteiger partial charge in [-0.05, 0) is 24.1 Å². The highest BCUT2D eigenvalue weighted by Gasteiger charge is 2.08. The van der Waals surface area contributed by atoms with E-state index in [4.69, 9.17) is 5.11 Å². The van der Waals surface area contributed by atoms with E-state index in [1.165, 1.54) is 18.3 Å². The van der Waals surface area contributed by atoms with Crippen molar-refractivity contribution >= 4 is 5.97 Å². The van der Waals surface area contributed by atoms with Gasteiger partial charge in [-0.25, -0.2) is 14.8 Å². The molecular weight excluding hydrogens is 242 g/mol. The van der Waals surface area contributed by atoms with E-state index in [1.54, 1.807) is 12.3 Å². The lowest BCUT2D eigenvalue weighted by Gasteiger charge is -2.05. The van der Waals surface area contributed by atoms with Gasteiger partial charge in [0.05, 0.1) is 17.0 Å². The van der Waals surface area contributed by atoms with Gasteiger partial charge in [0.25, 0.3) is 0 Å². The summed E-state index contributed by atoms with van der Waals surface area (Å²) in [5, 5.41) is 8.97. The Labute approximate surface area is 111 Å². The molecule has 0 bridgehead atoms. The molecule has 0 amide bonds. The highest BCUT2D eigenvalue weighted by atomic mass is 16.4. The lowest BCUT2D eigenvalue weighted by Crippen LogP contribution is -2.02. The van der Waals surface area contributed by atoms with E-state index in [0.717, 1.165) is 12.2 Å². The Morgan fingerprint density at radius 2 is 1.95 bits per heavy atom. The zero-order valence-electron chi connectivity index (χ0n) is 10.9. The molecule has 0 atom stereocenters. The Balaban J connectivity index is 2.36. The van der Waals surface area contributed by atoms with Gasteiger partial charge in [-0.2, -0.15) is 0 Å². The molecule has 98 valence electrons.